The Balaban J connectivity index is 1.84. The van der Waals surface area contributed by atoms with Crippen molar-refractivity contribution < 1.29 is 0 Å². The normalized spacial score (nSPS) is 16.7. The molecule has 3 rings (SSSR count). The molecule has 0 radical (unpaired) electrons. The molecular weight excluding hydrogens is 298 g/mol. The monoisotopic (exact) mass is 315 g/mol. The summed E-state index contributed by atoms with van der Waals surface area (Å²) in [7, 11) is 0. The highest BCUT2D eigenvalue weighted by Crippen LogP contribution is 2.18. The van der Waals surface area contributed by atoms with Gasteiger partial charge in [-0.25, -0.2) is 4.98 Å². The summed E-state index contributed by atoms with van der Waals surface area (Å²) < 4.78 is 0. The summed E-state index contributed by atoms with van der Waals surface area (Å²) in [5, 5.41) is 14.8. The van der Waals surface area contributed by atoms with E-state index >= 15 is 0 Å². The van der Waals surface area contributed by atoms with E-state index in [2.05, 4.69) is 20.6 Å². The number of allylic oxidation sites excluding steroid dienone is 1. The second-order valence-corrected chi connectivity index (χ2v) is 5.72. The van der Waals surface area contributed by atoms with E-state index < -0.39 is 0 Å². The van der Waals surface area contributed by atoms with Crippen LogP contribution in [0.2, 0.25) is 5.15 Å². The molecule has 3 N–H and O–H groups in total. The predicted octanol–water partition coefficient (Wildman–Crippen LogP) is 2.62. The summed E-state index contributed by atoms with van der Waals surface area (Å²) in [6.45, 7) is 2.07. The summed E-state index contributed by atoms with van der Waals surface area (Å²) in [5.41, 5.74) is 3.18. The van der Waals surface area contributed by atoms with Gasteiger partial charge < -0.3 is 16.0 Å². The molecule has 1 aliphatic heterocycles. The number of fused-ring (bicyclic) bond motifs is 1. The first-order valence-electron chi connectivity index (χ1n) is 7.36. The number of halogens is 1. The van der Waals surface area contributed by atoms with Gasteiger partial charge in [0, 0.05) is 35.8 Å². The summed E-state index contributed by atoms with van der Waals surface area (Å²) in [6, 6.07) is 5.94. The first-order chi connectivity index (χ1) is 10.8. The maximum Gasteiger partial charge on any atom is 0.129 e. The van der Waals surface area contributed by atoms with Crippen LogP contribution >= 0.6 is 11.6 Å². The van der Waals surface area contributed by atoms with Gasteiger partial charge in [-0.15, -0.1) is 0 Å². The maximum atomic E-state index is 7.65. The average Bonchev–Trinajstić information content (AvgIpc) is 2.56. The van der Waals surface area contributed by atoms with Gasteiger partial charge in [0.05, 0.1) is 11.0 Å². The Morgan fingerprint density at radius 2 is 2.14 bits per heavy atom. The number of rotatable bonds is 4. The fourth-order valence-electron chi connectivity index (χ4n) is 2.54. The van der Waals surface area contributed by atoms with E-state index in [4.69, 9.17) is 17.0 Å². The topological polar surface area (TPSA) is 73.7 Å². The van der Waals surface area contributed by atoms with Crippen LogP contribution < -0.4 is 10.6 Å². The van der Waals surface area contributed by atoms with Crippen LogP contribution in [0, 0.1) is 5.41 Å². The van der Waals surface area contributed by atoms with Gasteiger partial charge in [0.15, 0.2) is 0 Å². The first kappa shape index (κ1) is 14.9. The zero-order valence-electron chi connectivity index (χ0n) is 12.1. The molecule has 0 amide bonds. The third-order valence-corrected chi connectivity index (χ3v) is 4.02. The van der Waals surface area contributed by atoms with Crippen LogP contribution in [0.3, 0.4) is 0 Å². The van der Waals surface area contributed by atoms with E-state index in [1.165, 1.54) is 6.21 Å². The zero-order chi connectivity index (χ0) is 15.4. The molecule has 0 aliphatic carbocycles. The van der Waals surface area contributed by atoms with Crippen molar-refractivity contribution in [3.8, 4) is 0 Å². The lowest BCUT2D eigenvalue weighted by Crippen LogP contribution is -2.37. The van der Waals surface area contributed by atoms with Gasteiger partial charge in [-0.05, 0) is 44.1 Å². The van der Waals surface area contributed by atoms with Gasteiger partial charge in [0.1, 0.15) is 5.15 Å². The Hall–Kier alpha value is -1.98. The Kier molecular flexibility index (Phi) is 4.65. The SMILES string of the molecule is N=C/C(=C\NC1CCNCC1)c1cnc2ccc(Cl)nc2c1. The fraction of sp³-hybridized carbons (Fsp3) is 0.312. The van der Waals surface area contributed by atoms with Crippen molar-refractivity contribution in [1.29, 1.82) is 5.41 Å². The highest BCUT2D eigenvalue weighted by atomic mass is 35.5. The Bertz CT molecular complexity index is 707. The standard InChI is InChI=1S/C16H18ClN5/c17-16-2-1-14-15(22-16)7-11(9-21-14)12(8-18)10-20-13-3-5-19-6-4-13/h1-2,7-10,13,18-20H,3-6H2/b12-10+,18-8?. The van der Waals surface area contributed by atoms with Gasteiger partial charge in [-0.1, -0.05) is 11.6 Å². The Labute approximate surface area is 134 Å². The minimum absolute atomic E-state index is 0.444. The first-order valence-corrected chi connectivity index (χ1v) is 7.74. The van der Waals surface area contributed by atoms with E-state index in [9.17, 15) is 0 Å². The molecule has 1 saturated heterocycles. The molecule has 0 spiro atoms. The molecule has 114 valence electrons. The van der Waals surface area contributed by atoms with Crippen LogP contribution in [0.5, 0.6) is 0 Å². The van der Waals surface area contributed by atoms with Gasteiger partial charge >= 0.3 is 0 Å². The highest BCUT2D eigenvalue weighted by molar-refractivity contribution is 6.29. The maximum absolute atomic E-state index is 7.65. The molecule has 1 aliphatic rings. The van der Waals surface area contributed by atoms with Crippen LogP contribution in [0.15, 0.2) is 30.6 Å². The molecule has 6 heteroatoms. The van der Waals surface area contributed by atoms with E-state index in [1.54, 1.807) is 12.3 Å². The van der Waals surface area contributed by atoms with Crippen molar-refractivity contribution in [2.75, 3.05) is 13.1 Å². The number of aromatic nitrogens is 2. The molecule has 1 fully saturated rings. The molecule has 2 aromatic rings. The van der Waals surface area contributed by atoms with Crippen molar-refractivity contribution in [3.05, 3.63) is 41.3 Å². The number of nitrogens with zero attached hydrogens (tertiary/aromatic N) is 2. The zero-order valence-corrected chi connectivity index (χ0v) is 12.9. The molecule has 0 unspecified atom stereocenters. The summed E-state index contributed by atoms with van der Waals surface area (Å²) in [6.07, 6.45) is 7.18. The van der Waals surface area contributed by atoms with E-state index in [-0.39, 0.29) is 0 Å². The van der Waals surface area contributed by atoms with Gasteiger partial charge in [-0.2, -0.15) is 0 Å². The lowest BCUT2D eigenvalue weighted by Gasteiger charge is -2.23. The smallest absolute Gasteiger partial charge is 0.129 e. The summed E-state index contributed by atoms with van der Waals surface area (Å²) in [5.74, 6) is 0. The van der Waals surface area contributed by atoms with E-state index in [0.29, 0.717) is 11.2 Å². The molecule has 22 heavy (non-hydrogen) atoms. The van der Waals surface area contributed by atoms with Crippen LogP contribution in [0.25, 0.3) is 16.6 Å². The molecule has 0 bridgehead atoms. The van der Waals surface area contributed by atoms with Gasteiger partial charge in [0.25, 0.3) is 0 Å². The van der Waals surface area contributed by atoms with Crippen LogP contribution in [-0.2, 0) is 0 Å². The van der Waals surface area contributed by atoms with E-state index in [1.807, 2.05) is 18.3 Å². The van der Waals surface area contributed by atoms with Crippen LogP contribution in [0.1, 0.15) is 18.4 Å². The van der Waals surface area contributed by atoms with Crippen LogP contribution in [0.4, 0.5) is 0 Å². The van der Waals surface area contributed by atoms with Crippen molar-refractivity contribution in [2.45, 2.75) is 18.9 Å². The van der Waals surface area contributed by atoms with Crippen LogP contribution in [-0.4, -0.2) is 35.3 Å². The summed E-state index contributed by atoms with van der Waals surface area (Å²) >= 11 is 5.93. The predicted molar refractivity (Wildman–Crippen MR) is 90.3 cm³/mol. The quantitative estimate of drug-likeness (QED) is 0.599. The highest BCUT2D eigenvalue weighted by Gasteiger charge is 2.11. The largest absolute Gasteiger partial charge is 0.388 e. The molecule has 0 aromatic carbocycles. The third kappa shape index (κ3) is 3.43. The van der Waals surface area contributed by atoms with Crippen molar-refractivity contribution >= 4 is 34.4 Å². The third-order valence-electron chi connectivity index (χ3n) is 3.81. The Morgan fingerprint density at radius 1 is 1.32 bits per heavy atom. The molecule has 2 aromatic heterocycles. The minimum Gasteiger partial charge on any atom is -0.388 e. The minimum atomic E-state index is 0.444. The fourth-order valence-corrected chi connectivity index (χ4v) is 2.70. The number of nitrogens with one attached hydrogen (secondary N) is 3. The lowest BCUT2D eigenvalue weighted by atomic mass is 10.1. The Morgan fingerprint density at radius 3 is 2.91 bits per heavy atom. The molecule has 3 heterocycles. The molecule has 0 saturated carbocycles. The van der Waals surface area contributed by atoms with Gasteiger partial charge in [-0.3, -0.25) is 4.98 Å². The number of hydrogen-bond donors (Lipinski definition) is 3. The second-order valence-electron chi connectivity index (χ2n) is 5.33. The molecule has 0 atom stereocenters. The summed E-state index contributed by atoms with van der Waals surface area (Å²) in [4.78, 5) is 8.66. The number of piperidine rings is 1. The van der Waals surface area contributed by atoms with Gasteiger partial charge in [0.2, 0.25) is 0 Å². The number of hydrogen-bond acceptors (Lipinski definition) is 5. The number of pyridine rings is 2. The van der Waals surface area contributed by atoms with E-state index in [0.717, 1.165) is 48.1 Å². The molecular formula is C16H18ClN5. The average molecular weight is 316 g/mol. The molecule has 5 nitrogen and oxygen atoms in total. The van der Waals surface area contributed by atoms with Crippen molar-refractivity contribution in [1.82, 2.24) is 20.6 Å². The second kappa shape index (κ2) is 6.85. The lowest BCUT2D eigenvalue weighted by molar-refractivity contribution is 0.420. The van der Waals surface area contributed by atoms with Crippen molar-refractivity contribution in [2.24, 2.45) is 0 Å². The van der Waals surface area contributed by atoms with Crippen molar-refractivity contribution in [3.63, 3.8) is 0 Å².